The van der Waals surface area contributed by atoms with Crippen LogP contribution in [-0.2, 0) is 6.42 Å². The van der Waals surface area contributed by atoms with Gasteiger partial charge in [0.1, 0.15) is 0 Å². The van der Waals surface area contributed by atoms with Crippen LogP contribution in [0.15, 0.2) is 30.3 Å². The van der Waals surface area contributed by atoms with Gasteiger partial charge in [0, 0.05) is 6.04 Å². The van der Waals surface area contributed by atoms with E-state index >= 15 is 0 Å². The molecule has 1 atom stereocenters. The fourth-order valence-electron chi connectivity index (χ4n) is 3.30. The SMILES string of the molecule is CCNC(CCCc1ccccc1)C1CCCC1. The Kier molecular flexibility index (Phi) is 5.73. The van der Waals surface area contributed by atoms with Crippen molar-refractivity contribution in [3.8, 4) is 0 Å². The normalized spacial score (nSPS) is 18.1. The lowest BCUT2D eigenvalue weighted by Gasteiger charge is -2.24. The van der Waals surface area contributed by atoms with Gasteiger partial charge in [-0.2, -0.15) is 0 Å². The monoisotopic (exact) mass is 245 g/mol. The van der Waals surface area contributed by atoms with Crippen molar-refractivity contribution in [2.75, 3.05) is 6.54 Å². The van der Waals surface area contributed by atoms with Gasteiger partial charge in [-0.3, -0.25) is 0 Å². The fourth-order valence-corrected chi connectivity index (χ4v) is 3.30. The van der Waals surface area contributed by atoms with E-state index in [0.717, 1.165) is 18.5 Å². The number of hydrogen-bond donors (Lipinski definition) is 1. The summed E-state index contributed by atoms with van der Waals surface area (Å²) in [7, 11) is 0. The molecule has 0 radical (unpaired) electrons. The molecule has 1 aliphatic carbocycles. The summed E-state index contributed by atoms with van der Waals surface area (Å²) < 4.78 is 0. The number of rotatable bonds is 7. The molecule has 0 saturated heterocycles. The summed E-state index contributed by atoms with van der Waals surface area (Å²) >= 11 is 0. The average Bonchev–Trinajstić information content (AvgIpc) is 2.93. The molecule has 1 aromatic rings. The zero-order valence-corrected chi connectivity index (χ0v) is 11.7. The summed E-state index contributed by atoms with van der Waals surface area (Å²) in [6, 6.07) is 11.7. The Hall–Kier alpha value is -0.820. The lowest BCUT2D eigenvalue weighted by Crippen LogP contribution is -2.35. The smallest absolute Gasteiger partial charge is 0.00953 e. The third-order valence-corrected chi connectivity index (χ3v) is 4.26. The minimum absolute atomic E-state index is 0.765. The minimum Gasteiger partial charge on any atom is -0.314 e. The molecule has 1 saturated carbocycles. The van der Waals surface area contributed by atoms with Crippen molar-refractivity contribution < 1.29 is 0 Å². The number of hydrogen-bond acceptors (Lipinski definition) is 1. The van der Waals surface area contributed by atoms with E-state index in [2.05, 4.69) is 42.6 Å². The van der Waals surface area contributed by atoms with Gasteiger partial charge in [0.2, 0.25) is 0 Å². The molecular weight excluding hydrogens is 218 g/mol. The third-order valence-electron chi connectivity index (χ3n) is 4.26. The maximum Gasteiger partial charge on any atom is 0.00953 e. The topological polar surface area (TPSA) is 12.0 Å². The quantitative estimate of drug-likeness (QED) is 0.760. The van der Waals surface area contributed by atoms with Crippen molar-refractivity contribution in [3.05, 3.63) is 35.9 Å². The van der Waals surface area contributed by atoms with Crippen LogP contribution >= 0.6 is 0 Å². The molecule has 0 amide bonds. The molecule has 1 unspecified atom stereocenters. The van der Waals surface area contributed by atoms with Gasteiger partial charge in [0.15, 0.2) is 0 Å². The summed E-state index contributed by atoms with van der Waals surface area (Å²) in [5.74, 6) is 0.945. The van der Waals surface area contributed by atoms with Crippen molar-refractivity contribution in [1.29, 1.82) is 0 Å². The molecule has 1 aliphatic rings. The van der Waals surface area contributed by atoms with Gasteiger partial charge >= 0.3 is 0 Å². The predicted octanol–water partition coefficient (Wildman–Crippen LogP) is 4.18. The van der Waals surface area contributed by atoms with Gasteiger partial charge in [-0.05, 0) is 50.1 Å². The zero-order chi connectivity index (χ0) is 12.6. The maximum absolute atomic E-state index is 3.71. The standard InChI is InChI=1S/C17H27N/c1-2-18-17(16-12-6-7-13-16)14-8-11-15-9-4-3-5-10-15/h3-5,9-10,16-18H,2,6-8,11-14H2,1H3. The van der Waals surface area contributed by atoms with E-state index in [9.17, 15) is 0 Å². The molecule has 18 heavy (non-hydrogen) atoms. The maximum atomic E-state index is 3.71. The Bertz CT molecular complexity index is 314. The van der Waals surface area contributed by atoms with Crippen LogP contribution in [0.4, 0.5) is 0 Å². The minimum atomic E-state index is 0.765. The van der Waals surface area contributed by atoms with Crippen LogP contribution in [0.2, 0.25) is 0 Å². The van der Waals surface area contributed by atoms with Crippen molar-refractivity contribution >= 4 is 0 Å². The first-order valence-corrected chi connectivity index (χ1v) is 7.67. The first kappa shape index (κ1) is 13.6. The van der Waals surface area contributed by atoms with Crippen LogP contribution in [-0.4, -0.2) is 12.6 Å². The molecule has 0 bridgehead atoms. The summed E-state index contributed by atoms with van der Waals surface area (Å²) in [4.78, 5) is 0. The van der Waals surface area contributed by atoms with Crippen molar-refractivity contribution in [3.63, 3.8) is 0 Å². The summed E-state index contributed by atoms with van der Waals surface area (Å²) in [5.41, 5.74) is 1.49. The molecule has 1 aromatic carbocycles. The molecule has 1 heteroatoms. The molecular formula is C17H27N. The Morgan fingerprint density at radius 1 is 1.17 bits per heavy atom. The van der Waals surface area contributed by atoms with Crippen LogP contribution in [0.1, 0.15) is 51.0 Å². The molecule has 0 aliphatic heterocycles. The highest BCUT2D eigenvalue weighted by molar-refractivity contribution is 5.14. The van der Waals surface area contributed by atoms with E-state index in [-0.39, 0.29) is 0 Å². The highest BCUT2D eigenvalue weighted by Crippen LogP contribution is 2.29. The number of aryl methyl sites for hydroxylation is 1. The van der Waals surface area contributed by atoms with Crippen molar-refractivity contribution in [2.45, 2.75) is 57.9 Å². The molecule has 100 valence electrons. The summed E-state index contributed by atoms with van der Waals surface area (Å²) in [5, 5.41) is 3.71. The highest BCUT2D eigenvalue weighted by atomic mass is 14.9. The molecule has 0 spiro atoms. The number of benzene rings is 1. The lowest BCUT2D eigenvalue weighted by atomic mass is 9.92. The van der Waals surface area contributed by atoms with E-state index in [1.54, 1.807) is 0 Å². The lowest BCUT2D eigenvalue weighted by molar-refractivity contribution is 0.340. The molecule has 0 aromatic heterocycles. The molecule has 1 N–H and O–H groups in total. The van der Waals surface area contributed by atoms with Crippen LogP contribution in [0, 0.1) is 5.92 Å². The second-order valence-electron chi connectivity index (χ2n) is 5.59. The number of nitrogens with one attached hydrogen (secondary N) is 1. The second-order valence-corrected chi connectivity index (χ2v) is 5.59. The first-order valence-electron chi connectivity index (χ1n) is 7.67. The van der Waals surface area contributed by atoms with E-state index in [4.69, 9.17) is 0 Å². The molecule has 1 nitrogen and oxygen atoms in total. The van der Waals surface area contributed by atoms with Crippen molar-refractivity contribution in [2.24, 2.45) is 5.92 Å². The van der Waals surface area contributed by atoms with Gasteiger partial charge in [-0.15, -0.1) is 0 Å². The van der Waals surface area contributed by atoms with Gasteiger partial charge in [0.25, 0.3) is 0 Å². The Morgan fingerprint density at radius 2 is 1.89 bits per heavy atom. The van der Waals surface area contributed by atoms with Crippen LogP contribution in [0.25, 0.3) is 0 Å². The second kappa shape index (κ2) is 7.58. The van der Waals surface area contributed by atoms with Gasteiger partial charge in [-0.25, -0.2) is 0 Å². The van der Waals surface area contributed by atoms with E-state index in [0.29, 0.717) is 0 Å². The van der Waals surface area contributed by atoms with E-state index < -0.39 is 0 Å². The molecule has 1 fully saturated rings. The van der Waals surface area contributed by atoms with Crippen molar-refractivity contribution in [1.82, 2.24) is 5.32 Å². The molecule has 2 rings (SSSR count). The van der Waals surface area contributed by atoms with Gasteiger partial charge in [0.05, 0.1) is 0 Å². The summed E-state index contributed by atoms with van der Waals surface area (Å²) in [6.07, 6.45) is 9.68. The van der Waals surface area contributed by atoms with E-state index in [1.807, 2.05) is 0 Å². The van der Waals surface area contributed by atoms with Gasteiger partial charge in [-0.1, -0.05) is 50.1 Å². The fraction of sp³-hybridized carbons (Fsp3) is 0.647. The Labute approximate surface area is 112 Å². The zero-order valence-electron chi connectivity index (χ0n) is 11.7. The Morgan fingerprint density at radius 3 is 2.56 bits per heavy atom. The van der Waals surface area contributed by atoms with Gasteiger partial charge < -0.3 is 5.32 Å². The Balaban J connectivity index is 1.75. The first-order chi connectivity index (χ1) is 8.90. The van der Waals surface area contributed by atoms with E-state index in [1.165, 1.54) is 50.5 Å². The average molecular weight is 245 g/mol. The highest BCUT2D eigenvalue weighted by Gasteiger charge is 2.23. The van der Waals surface area contributed by atoms with Crippen LogP contribution in [0.5, 0.6) is 0 Å². The van der Waals surface area contributed by atoms with Crippen LogP contribution in [0.3, 0.4) is 0 Å². The predicted molar refractivity (Wildman–Crippen MR) is 78.8 cm³/mol. The van der Waals surface area contributed by atoms with Crippen LogP contribution < -0.4 is 5.32 Å². The molecule has 0 heterocycles. The largest absolute Gasteiger partial charge is 0.314 e. The summed E-state index contributed by atoms with van der Waals surface area (Å²) in [6.45, 7) is 3.35. The third kappa shape index (κ3) is 4.13.